The molecule has 0 rings (SSSR count). The fourth-order valence-corrected chi connectivity index (χ4v) is 14.2. The number of rotatable bonds is 83. The molecule has 6 nitrogen and oxygen atoms in total. The summed E-state index contributed by atoms with van der Waals surface area (Å²) in [6, 6.07) is -0.539. The highest BCUT2D eigenvalue weighted by atomic mass is 16.5. The van der Waals surface area contributed by atoms with Crippen molar-refractivity contribution in [1.29, 1.82) is 0 Å². The number of aliphatic hydroxyl groups is 2. The first kappa shape index (κ1) is 91.6. The minimum absolute atomic E-state index is 0.0238. The summed E-state index contributed by atoms with van der Waals surface area (Å²) < 4.78 is 5.49. The van der Waals surface area contributed by atoms with Gasteiger partial charge in [-0.2, -0.15) is 0 Å². The van der Waals surface area contributed by atoms with Gasteiger partial charge in [0, 0.05) is 12.8 Å². The minimum Gasteiger partial charge on any atom is -0.466 e. The van der Waals surface area contributed by atoms with Gasteiger partial charge in [-0.25, -0.2) is 0 Å². The molecule has 0 heterocycles. The van der Waals surface area contributed by atoms with Crippen LogP contribution < -0.4 is 5.32 Å². The number of ether oxygens (including phenoxy) is 1. The van der Waals surface area contributed by atoms with Crippen LogP contribution in [-0.2, 0) is 14.3 Å². The summed E-state index contributed by atoms with van der Waals surface area (Å²) in [4.78, 5) is 24.6. The average molecular weight is 1310 g/mol. The van der Waals surface area contributed by atoms with Crippen molar-refractivity contribution in [3.63, 3.8) is 0 Å². The van der Waals surface area contributed by atoms with Crippen LogP contribution in [0.25, 0.3) is 0 Å². The molecule has 0 radical (unpaired) electrons. The Morgan fingerprint density at radius 2 is 0.505 bits per heavy atom. The highest BCUT2D eigenvalue weighted by Crippen LogP contribution is 2.21. The Hall–Kier alpha value is -1.40. The summed E-state index contributed by atoms with van der Waals surface area (Å²) in [6.07, 6.45) is 106. The second-order valence-electron chi connectivity index (χ2n) is 30.2. The van der Waals surface area contributed by atoms with E-state index < -0.39 is 12.1 Å². The largest absolute Gasteiger partial charge is 0.466 e. The fourth-order valence-electron chi connectivity index (χ4n) is 14.2. The maximum absolute atomic E-state index is 12.6. The lowest BCUT2D eigenvalue weighted by atomic mass is 10.0. The molecule has 6 heteroatoms. The van der Waals surface area contributed by atoms with E-state index >= 15 is 0 Å². The molecule has 0 aliphatic rings. The monoisotopic (exact) mass is 1310 g/mol. The molecule has 2 unspecified atom stereocenters. The maximum Gasteiger partial charge on any atom is 0.305 e. The van der Waals surface area contributed by atoms with E-state index in [-0.39, 0.29) is 18.5 Å². The van der Waals surface area contributed by atoms with Crippen LogP contribution in [0.4, 0.5) is 0 Å². The molecule has 0 saturated carbocycles. The Balaban J connectivity index is 3.33. The molecule has 0 fully saturated rings. The van der Waals surface area contributed by atoms with Gasteiger partial charge in [0.15, 0.2) is 0 Å². The number of hydrogen-bond donors (Lipinski definition) is 3. The smallest absolute Gasteiger partial charge is 0.305 e. The predicted molar refractivity (Wildman–Crippen MR) is 412 cm³/mol. The van der Waals surface area contributed by atoms with Crippen molar-refractivity contribution in [3.05, 3.63) is 12.2 Å². The number of amides is 1. The number of carbonyl (C=O) groups is 2. The molecule has 1 amide bonds. The average Bonchev–Trinajstić information content (AvgIpc) is 3.76. The van der Waals surface area contributed by atoms with Crippen LogP contribution in [0.5, 0.6) is 0 Å². The van der Waals surface area contributed by atoms with Gasteiger partial charge >= 0.3 is 5.97 Å². The summed E-state index contributed by atoms with van der Waals surface area (Å²) in [6.45, 7) is 5.02. The third kappa shape index (κ3) is 79.5. The summed E-state index contributed by atoms with van der Waals surface area (Å²) in [5, 5.41) is 23.5. The van der Waals surface area contributed by atoms with Crippen LogP contribution in [-0.4, -0.2) is 47.4 Å². The molecule has 0 spiro atoms. The van der Waals surface area contributed by atoms with E-state index in [0.717, 1.165) is 38.5 Å². The van der Waals surface area contributed by atoms with E-state index in [1.54, 1.807) is 0 Å². The Labute approximate surface area is 584 Å². The van der Waals surface area contributed by atoms with Gasteiger partial charge in [-0.15, -0.1) is 0 Å². The molecule has 0 bridgehead atoms. The van der Waals surface area contributed by atoms with Gasteiger partial charge in [-0.3, -0.25) is 9.59 Å². The number of esters is 1. The third-order valence-electron chi connectivity index (χ3n) is 20.8. The molecule has 0 aromatic heterocycles. The molecule has 554 valence electrons. The Morgan fingerprint density at radius 3 is 0.763 bits per heavy atom. The van der Waals surface area contributed by atoms with Crippen molar-refractivity contribution in [1.82, 2.24) is 5.32 Å². The number of allylic oxidation sites excluding steroid dienone is 2. The lowest BCUT2D eigenvalue weighted by molar-refractivity contribution is -0.143. The van der Waals surface area contributed by atoms with E-state index in [4.69, 9.17) is 4.74 Å². The number of nitrogens with one attached hydrogen (secondary N) is 1. The predicted octanol–water partition coefficient (Wildman–Crippen LogP) is 29.0. The first-order valence-corrected chi connectivity index (χ1v) is 43.4. The maximum atomic E-state index is 12.6. The molecule has 0 aromatic carbocycles. The molecule has 2 atom stereocenters. The van der Waals surface area contributed by atoms with Crippen LogP contribution >= 0.6 is 0 Å². The van der Waals surface area contributed by atoms with Crippen molar-refractivity contribution < 1.29 is 24.5 Å². The quantitative estimate of drug-likeness (QED) is 0.0320. The molecule has 0 aliphatic heterocycles. The molecule has 3 N–H and O–H groups in total. The van der Waals surface area contributed by atoms with Crippen molar-refractivity contribution in [2.75, 3.05) is 13.2 Å². The third-order valence-corrected chi connectivity index (χ3v) is 20.8. The van der Waals surface area contributed by atoms with Crippen molar-refractivity contribution >= 4 is 11.9 Å². The number of carbonyl (C=O) groups excluding carboxylic acids is 2. The molecule has 93 heavy (non-hydrogen) atoms. The van der Waals surface area contributed by atoms with Gasteiger partial charge in [0.1, 0.15) is 0 Å². The van der Waals surface area contributed by atoms with Crippen molar-refractivity contribution in [3.8, 4) is 0 Å². The summed E-state index contributed by atoms with van der Waals surface area (Å²) in [5.74, 6) is 0.000673. The van der Waals surface area contributed by atoms with Crippen molar-refractivity contribution in [2.24, 2.45) is 0 Å². The number of aliphatic hydroxyl groups excluding tert-OH is 2. The van der Waals surface area contributed by atoms with Gasteiger partial charge < -0.3 is 20.3 Å². The van der Waals surface area contributed by atoms with Gasteiger partial charge in [0.25, 0.3) is 0 Å². The Bertz CT molecular complexity index is 1420. The summed E-state index contributed by atoms with van der Waals surface area (Å²) in [5.41, 5.74) is 0. The Morgan fingerprint density at radius 1 is 0.290 bits per heavy atom. The molecule has 0 saturated heterocycles. The summed E-state index contributed by atoms with van der Waals surface area (Å²) >= 11 is 0. The fraction of sp³-hybridized carbons (Fsp3) is 0.954. The number of unbranched alkanes of at least 4 members (excludes halogenated alkanes) is 70. The SMILES string of the molecule is CCCCCCCCCCCCCCCCCCCCCCCCCCCC(O)C(CO)NC(=O)CCCCCCCCCCCCCCCCCCC/C=C\CCCCCCCCCCCCCCCCCCCCOC(=O)CCCCCCCCCCCCCC. The van der Waals surface area contributed by atoms with E-state index in [1.165, 1.54) is 437 Å². The second-order valence-corrected chi connectivity index (χ2v) is 30.2. The summed E-state index contributed by atoms with van der Waals surface area (Å²) in [7, 11) is 0. The van der Waals surface area contributed by atoms with Gasteiger partial charge in [0.2, 0.25) is 5.91 Å². The highest BCUT2D eigenvalue weighted by molar-refractivity contribution is 5.76. The zero-order valence-electron chi connectivity index (χ0n) is 63.8. The topological polar surface area (TPSA) is 95.9 Å². The zero-order chi connectivity index (χ0) is 67.0. The van der Waals surface area contributed by atoms with Crippen LogP contribution in [0.3, 0.4) is 0 Å². The van der Waals surface area contributed by atoms with Gasteiger partial charge in [-0.1, -0.05) is 456 Å². The van der Waals surface area contributed by atoms with Crippen molar-refractivity contribution in [2.45, 2.75) is 520 Å². The van der Waals surface area contributed by atoms with Crippen LogP contribution in [0.15, 0.2) is 12.2 Å². The van der Waals surface area contributed by atoms with Gasteiger partial charge in [-0.05, 0) is 51.4 Å². The van der Waals surface area contributed by atoms with Crippen LogP contribution in [0, 0.1) is 0 Å². The zero-order valence-corrected chi connectivity index (χ0v) is 63.8. The standard InChI is InChI=1S/C87H171NO5/c1-3-5-7-9-11-13-15-17-18-19-20-21-22-38-41-44-47-50-53-56-59-63-67-71-75-79-85(90)84(83-89)88-86(91)80-76-72-68-64-60-57-54-51-48-45-42-39-36-34-32-30-28-26-24-23-25-27-29-31-33-35-37-40-43-46-49-52-55-58-62-66-70-74-78-82-93-87(92)81-77-73-69-65-61-16-14-12-10-8-6-4-2/h23-24,84-85,89-90H,3-22,25-83H2,1-2H3,(H,88,91)/b24-23-. The van der Waals surface area contributed by atoms with Gasteiger partial charge in [0.05, 0.1) is 25.4 Å². The number of hydrogen-bond acceptors (Lipinski definition) is 5. The minimum atomic E-state index is -0.662. The lowest BCUT2D eigenvalue weighted by Crippen LogP contribution is -2.45. The first-order chi connectivity index (χ1) is 46.0. The second kappa shape index (κ2) is 83.0. The van der Waals surface area contributed by atoms with Crippen LogP contribution in [0.2, 0.25) is 0 Å². The van der Waals surface area contributed by atoms with E-state index in [9.17, 15) is 19.8 Å². The molecular weight excluding hydrogens is 1140 g/mol. The lowest BCUT2D eigenvalue weighted by Gasteiger charge is -2.22. The Kier molecular flexibility index (Phi) is 81.8. The van der Waals surface area contributed by atoms with E-state index in [2.05, 4.69) is 31.3 Å². The molecular formula is C87H171NO5. The first-order valence-electron chi connectivity index (χ1n) is 43.4. The molecule has 0 aromatic rings. The molecule has 0 aliphatic carbocycles. The van der Waals surface area contributed by atoms with E-state index in [1.807, 2.05) is 0 Å². The van der Waals surface area contributed by atoms with E-state index in [0.29, 0.717) is 25.9 Å². The normalized spacial score (nSPS) is 12.4. The highest BCUT2D eigenvalue weighted by Gasteiger charge is 2.20. The van der Waals surface area contributed by atoms with Crippen LogP contribution in [0.1, 0.15) is 508 Å².